The predicted octanol–water partition coefficient (Wildman–Crippen LogP) is 1.55. The summed E-state index contributed by atoms with van der Waals surface area (Å²) in [6.45, 7) is 10.2. The van der Waals surface area contributed by atoms with E-state index >= 15 is 0 Å². The maximum atomic E-state index is 13.7. The van der Waals surface area contributed by atoms with Gasteiger partial charge in [-0.15, -0.1) is 0 Å². The minimum atomic E-state index is -1.39. The van der Waals surface area contributed by atoms with Crippen LogP contribution in [-0.2, 0) is 28.8 Å². The molecule has 0 aliphatic heterocycles. The number of nitrogens with two attached hydrogens (primary N) is 2. The summed E-state index contributed by atoms with van der Waals surface area (Å²) in [5.74, 6) is -4.78. The molecule has 0 spiro atoms. The van der Waals surface area contributed by atoms with Gasteiger partial charge in [0.25, 0.3) is 0 Å². The van der Waals surface area contributed by atoms with Crippen molar-refractivity contribution < 1.29 is 39.0 Å². The zero-order chi connectivity index (χ0) is 39.6. The van der Waals surface area contributed by atoms with Crippen LogP contribution >= 0.6 is 0 Å². The molecule has 8 atom stereocenters. The van der Waals surface area contributed by atoms with Crippen molar-refractivity contribution in [2.75, 3.05) is 6.61 Å². The fraction of sp³-hybridized carbons (Fsp3) is 0.838. The second kappa shape index (κ2) is 28.2. The van der Waals surface area contributed by atoms with E-state index in [1.807, 2.05) is 13.8 Å². The summed E-state index contributed by atoms with van der Waals surface area (Å²) >= 11 is 0. The van der Waals surface area contributed by atoms with E-state index in [-0.39, 0.29) is 13.0 Å². The van der Waals surface area contributed by atoms with E-state index in [4.69, 9.17) is 11.5 Å². The number of hydrogen-bond donors (Lipinski definition) is 9. The molecule has 6 amide bonds. The first-order valence-electron chi connectivity index (χ1n) is 19.5. The largest absolute Gasteiger partial charge is 0.394 e. The number of carbonyl (C=O) groups excluding carboxylic acids is 6. The van der Waals surface area contributed by atoms with Crippen LogP contribution in [0.2, 0.25) is 0 Å². The van der Waals surface area contributed by atoms with Crippen LogP contribution < -0.4 is 38.1 Å². The number of primary amides is 1. The average molecular weight is 742 g/mol. The van der Waals surface area contributed by atoms with Crippen LogP contribution in [0.15, 0.2) is 0 Å². The van der Waals surface area contributed by atoms with Gasteiger partial charge >= 0.3 is 0 Å². The number of unbranched alkanes of at least 4 members (excludes halogenated alkanes) is 10. The minimum Gasteiger partial charge on any atom is -0.394 e. The quantitative estimate of drug-likeness (QED) is 0.0484. The van der Waals surface area contributed by atoms with Gasteiger partial charge in [-0.2, -0.15) is 0 Å². The first-order chi connectivity index (χ1) is 24.6. The highest BCUT2D eigenvalue weighted by Gasteiger charge is 2.35. The van der Waals surface area contributed by atoms with Gasteiger partial charge < -0.3 is 48.3 Å². The van der Waals surface area contributed by atoms with E-state index in [1.165, 1.54) is 39.5 Å². The Balaban J connectivity index is 5.88. The molecule has 0 heterocycles. The Morgan fingerprint density at radius 1 is 0.577 bits per heavy atom. The van der Waals surface area contributed by atoms with Crippen molar-refractivity contribution in [2.24, 2.45) is 17.4 Å². The standard InChI is InChI=1S/C37H71N7O8/c1-7-10-12-14-15-16-17-18-20-27(23-45)40-35(50)29(22-30(39)47)42-34(49)28(21-19-13-11-8-2)41-36(51)31(24(4)9-3)43-37(52)32(26(6)46)44-33(48)25(5)38/h24-29,31-32,45-46H,7-23,38H2,1-6H3,(H2,39,47)(H,40,50)(H,41,51)(H,42,49)(H,43,52)(H,44,48)/t24-,25+,26+,27-,28-,29-,31-,32+/m0/s1. The number of rotatable bonds is 30. The minimum absolute atomic E-state index is 0.210. The Kier molecular flexibility index (Phi) is 26.4. The fourth-order valence-corrected chi connectivity index (χ4v) is 5.66. The monoisotopic (exact) mass is 742 g/mol. The van der Waals surface area contributed by atoms with Crippen molar-refractivity contribution >= 4 is 35.4 Å². The van der Waals surface area contributed by atoms with E-state index in [1.54, 1.807) is 6.92 Å². The Bertz CT molecular complexity index is 1070. The lowest BCUT2D eigenvalue weighted by atomic mass is 9.96. The van der Waals surface area contributed by atoms with Crippen LogP contribution in [0.25, 0.3) is 0 Å². The van der Waals surface area contributed by atoms with Crippen LogP contribution in [0.4, 0.5) is 0 Å². The van der Waals surface area contributed by atoms with Gasteiger partial charge in [-0.25, -0.2) is 0 Å². The molecule has 0 rings (SSSR count). The molecule has 15 nitrogen and oxygen atoms in total. The van der Waals surface area contributed by atoms with Gasteiger partial charge in [-0.3, -0.25) is 28.8 Å². The molecule has 0 saturated heterocycles. The maximum absolute atomic E-state index is 13.7. The number of hydrogen-bond acceptors (Lipinski definition) is 9. The Morgan fingerprint density at radius 3 is 1.54 bits per heavy atom. The molecule has 0 radical (unpaired) electrons. The first kappa shape index (κ1) is 48.7. The number of aliphatic hydroxyl groups excluding tert-OH is 2. The molecule has 0 aliphatic rings. The van der Waals surface area contributed by atoms with E-state index in [2.05, 4.69) is 33.5 Å². The van der Waals surface area contributed by atoms with Crippen molar-refractivity contribution in [2.45, 2.75) is 187 Å². The van der Waals surface area contributed by atoms with Crippen LogP contribution in [0, 0.1) is 5.92 Å². The molecular formula is C37H71N7O8. The molecular weight excluding hydrogens is 670 g/mol. The summed E-state index contributed by atoms with van der Waals surface area (Å²) in [4.78, 5) is 78.2. The van der Waals surface area contributed by atoms with E-state index in [0.717, 1.165) is 44.9 Å². The van der Waals surface area contributed by atoms with Gasteiger partial charge in [0.1, 0.15) is 24.2 Å². The van der Waals surface area contributed by atoms with Gasteiger partial charge in [0.2, 0.25) is 35.4 Å². The van der Waals surface area contributed by atoms with Gasteiger partial charge in [0.15, 0.2) is 0 Å². The SMILES string of the molecule is CCCCCCCCCC[C@@H](CO)NC(=O)[C@H](CC(N)=O)NC(=O)[C@H](CCCCCC)NC(=O)[C@@H](NC(=O)[C@H](NC(=O)[C@@H](C)N)[C@@H](C)O)[C@@H](C)CC. The number of nitrogens with one attached hydrogen (secondary N) is 5. The van der Waals surface area contributed by atoms with Crippen molar-refractivity contribution in [1.82, 2.24) is 26.6 Å². The molecule has 0 saturated carbocycles. The van der Waals surface area contributed by atoms with Gasteiger partial charge in [-0.1, -0.05) is 111 Å². The summed E-state index contributed by atoms with van der Waals surface area (Å²) in [5.41, 5.74) is 11.1. The van der Waals surface area contributed by atoms with E-state index < -0.39 is 90.1 Å². The highest BCUT2D eigenvalue weighted by molar-refractivity contribution is 5.97. The molecule has 52 heavy (non-hydrogen) atoms. The summed E-state index contributed by atoms with van der Waals surface area (Å²) in [7, 11) is 0. The molecule has 0 aromatic heterocycles. The molecule has 302 valence electrons. The Morgan fingerprint density at radius 2 is 1.04 bits per heavy atom. The molecule has 0 fully saturated rings. The fourth-order valence-electron chi connectivity index (χ4n) is 5.66. The van der Waals surface area contributed by atoms with Gasteiger partial charge in [0, 0.05) is 0 Å². The zero-order valence-corrected chi connectivity index (χ0v) is 32.6. The predicted molar refractivity (Wildman–Crippen MR) is 201 cm³/mol. The van der Waals surface area contributed by atoms with Crippen molar-refractivity contribution in [1.29, 1.82) is 0 Å². The van der Waals surface area contributed by atoms with Gasteiger partial charge in [0.05, 0.1) is 31.2 Å². The molecule has 0 aromatic rings. The Hall–Kier alpha value is -3.30. The van der Waals surface area contributed by atoms with Crippen LogP contribution in [-0.4, -0.2) is 94.6 Å². The zero-order valence-electron chi connectivity index (χ0n) is 32.6. The van der Waals surface area contributed by atoms with Crippen molar-refractivity contribution in [3.05, 3.63) is 0 Å². The lowest BCUT2D eigenvalue weighted by Gasteiger charge is -2.30. The smallest absolute Gasteiger partial charge is 0.245 e. The lowest BCUT2D eigenvalue weighted by molar-refractivity contribution is -0.137. The highest BCUT2D eigenvalue weighted by Crippen LogP contribution is 2.13. The van der Waals surface area contributed by atoms with Crippen LogP contribution in [0.5, 0.6) is 0 Å². The lowest BCUT2D eigenvalue weighted by Crippen LogP contribution is -2.61. The second-order valence-electron chi connectivity index (χ2n) is 14.2. The summed E-state index contributed by atoms with van der Waals surface area (Å²) in [5, 5.41) is 33.2. The van der Waals surface area contributed by atoms with E-state index in [0.29, 0.717) is 19.3 Å². The van der Waals surface area contributed by atoms with Crippen LogP contribution in [0.3, 0.4) is 0 Å². The van der Waals surface area contributed by atoms with Crippen LogP contribution in [0.1, 0.15) is 144 Å². The third kappa shape index (κ3) is 20.7. The Labute approximate surface area is 311 Å². The maximum Gasteiger partial charge on any atom is 0.245 e. The molecule has 0 bridgehead atoms. The number of carbonyl (C=O) groups is 6. The molecule has 11 N–H and O–H groups in total. The third-order valence-electron chi connectivity index (χ3n) is 9.26. The molecule has 0 aliphatic carbocycles. The van der Waals surface area contributed by atoms with Gasteiger partial charge in [-0.05, 0) is 32.6 Å². The average Bonchev–Trinajstić information content (AvgIpc) is 3.09. The number of aliphatic hydroxyl groups is 2. The second-order valence-corrected chi connectivity index (χ2v) is 14.2. The summed E-state index contributed by atoms with van der Waals surface area (Å²) in [6, 6.07) is -6.54. The molecule has 0 unspecified atom stereocenters. The third-order valence-corrected chi connectivity index (χ3v) is 9.26. The summed E-state index contributed by atoms with van der Waals surface area (Å²) in [6.07, 6.45) is 11.3. The molecule has 15 heteroatoms. The number of amides is 6. The summed E-state index contributed by atoms with van der Waals surface area (Å²) < 4.78 is 0. The highest BCUT2D eigenvalue weighted by atomic mass is 16.3. The van der Waals surface area contributed by atoms with Crippen molar-refractivity contribution in [3.63, 3.8) is 0 Å². The molecule has 0 aromatic carbocycles. The van der Waals surface area contributed by atoms with E-state index in [9.17, 15) is 39.0 Å². The normalized spacial score (nSPS) is 15.9. The topological polar surface area (TPSA) is 255 Å². The van der Waals surface area contributed by atoms with Crippen molar-refractivity contribution in [3.8, 4) is 0 Å². The first-order valence-corrected chi connectivity index (χ1v) is 19.5.